The van der Waals surface area contributed by atoms with E-state index in [1.54, 1.807) is 19.2 Å². The van der Waals surface area contributed by atoms with E-state index in [1.807, 2.05) is 12.1 Å². The van der Waals surface area contributed by atoms with Crippen molar-refractivity contribution in [3.8, 4) is 11.5 Å². The highest BCUT2D eigenvalue weighted by Crippen LogP contribution is 2.29. The van der Waals surface area contributed by atoms with Gasteiger partial charge in [0.25, 0.3) is 0 Å². The molecule has 0 N–H and O–H groups in total. The molecule has 2 rings (SSSR count). The summed E-state index contributed by atoms with van der Waals surface area (Å²) in [5, 5.41) is 0. The van der Waals surface area contributed by atoms with E-state index >= 15 is 0 Å². The van der Waals surface area contributed by atoms with Crippen molar-refractivity contribution in [2.45, 2.75) is 25.7 Å². The lowest BCUT2D eigenvalue weighted by Crippen LogP contribution is -2.22. The van der Waals surface area contributed by atoms with Gasteiger partial charge in [0.1, 0.15) is 11.5 Å². The Hall–Kier alpha value is -1.81. The highest BCUT2D eigenvalue weighted by molar-refractivity contribution is 5.83. The number of carbonyl (C=O) groups excluding carboxylic acids is 1. The van der Waals surface area contributed by atoms with E-state index in [2.05, 4.69) is 6.58 Å². The fraction of sp³-hybridized carbons (Fsp3) is 0.500. The summed E-state index contributed by atoms with van der Waals surface area (Å²) >= 11 is 0. The number of esters is 1. The molecule has 1 aromatic rings. The standard InChI is InChI=1S/C18H24O4/c1-3-18(19)22-17-10-8-16(9-11-17)21-13-15-6-4-14(5-7-15)12-20-2/h3,8-11,14-15H,1,4-7,12-13H2,2H3. The fourth-order valence-electron chi connectivity index (χ4n) is 2.78. The number of benzene rings is 1. The minimum Gasteiger partial charge on any atom is -0.493 e. The lowest BCUT2D eigenvalue weighted by molar-refractivity contribution is -0.128. The van der Waals surface area contributed by atoms with Crippen molar-refractivity contribution in [3.05, 3.63) is 36.9 Å². The van der Waals surface area contributed by atoms with Gasteiger partial charge in [-0.1, -0.05) is 6.58 Å². The minimum atomic E-state index is -0.457. The lowest BCUT2D eigenvalue weighted by atomic mass is 9.83. The first kappa shape index (κ1) is 16.6. The molecular weight excluding hydrogens is 280 g/mol. The molecule has 0 bridgehead atoms. The second-order valence-electron chi connectivity index (χ2n) is 5.75. The number of methoxy groups -OCH3 is 1. The van der Waals surface area contributed by atoms with Crippen LogP contribution in [0.4, 0.5) is 0 Å². The first-order valence-corrected chi connectivity index (χ1v) is 7.77. The van der Waals surface area contributed by atoms with Crippen LogP contribution in [0.15, 0.2) is 36.9 Å². The molecule has 0 radical (unpaired) electrons. The molecule has 0 aromatic heterocycles. The van der Waals surface area contributed by atoms with Crippen LogP contribution in [0.1, 0.15) is 25.7 Å². The van der Waals surface area contributed by atoms with Crippen molar-refractivity contribution in [2.75, 3.05) is 20.3 Å². The van der Waals surface area contributed by atoms with Crippen LogP contribution < -0.4 is 9.47 Å². The first-order chi connectivity index (χ1) is 10.7. The molecule has 0 heterocycles. The normalized spacial score (nSPS) is 21.1. The molecule has 0 spiro atoms. The molecular formula is C18H24O4. The zero-order valence-electron chi connectivity index (χ0n) is 13.1. The number of carbonyl (C=O) groups is 1. The fourth-order valence-corrected chi connectivity index (χ4v) is 2.78. The molecule has 120 valence electrons. The van der Waals surface area contributed by atoms with Crippen molar-refractivity contribution in [1.82, 2.24) is 0 Å². The molecule has 1 aliphatic carbocycles. The first-order valence-electron chi connectivity index (χ1n) is 7.77. The van der Waals surface area contributed by atoms with E-state index in [1.165, 1.54) is 25.7 Å². The van der Waals surface area contributed by atoms with Crippen molar-refractivity contribution >= 4 is 5.97 Å². The summed E-state index contributed by atoms with van der Waals surface area (Å²) in [6.07, 6.45) is 5.98. The Kier molecular flexibility index (Phi) is 6.46. The average molecular weight is 304 g/mol. The van der Waals surface area contributed by atoms with Gasteiger partial charge < -0.3 is 14.2 Å². The maximum Gasteiger partial charge on any atom is 0.335 e. The molecule has 1 aliphatic rings. The van der Waals surface area contributed by atoms with Gasteiger partial charge in [-0.2, -0.15) is 0 Å². The molecule has 0 saturated heterocycles. The third-order valence-electron chi connectivity index (χ3n) is 4.06. The maximum absolute atomic E-state index is 11.1. The van der Waals surface area contributed by atoms with Gasteiger partial charge in [-0.3, -0.25) is 0 Å². The smallest absolute Gasteiger partial charge is 0.335 e. The van der Waals surface area contributed by atoms with Crippen LogP contribution in [-0.4, -0.2) is 26.3 Å². The molecule has 0 amide bonds. The van der Waals surface area contributed by atoms with Crippen LogP contribution in [0, 0.1) is 11.8 Å². The summed E-state index contributed by atoms with van der Waals surface area (Å²) in [7, 11) is 1.77. The molecule has 4 nitrogen and oxygen atoms in total. The Balaban J connectivity index is 1.73. The van der Waals surface area contributed by atoms with Crippen LogP contribution >= 0.6 is 0 Å². The lowest BCUT2D eigenvalue weighted by Gasteiger charge is -2.27. The summed E-state index contributed by atoms with van der Waals surface area (Å²) in [6.45, 7) is 4.98. The van der Waals surface area contributed by atoms with E-state index in [-0.39, 0.29) is 0 Å². The molecule has 4 heteroatoms. The van der Waals surface area contributed by atoms with Crippen LogP contribution in [0.25, 0.3) is 0 Å². The number of hydrogen-bond acceptors (Lipinski definition) is 4. The molecule has 1 saturated carbocycles. The molecule has 0 aliphatic heterocycles. The molecule has 22 heavy (non-hydrogen) atoms. The monoisotopic (exact) mass is 304 g/mol. The van der Waals surface area contributed by atoms with Gasteiger partial charge >= 0.3 is 5.97 Å². The van der Waals surface area contributed by atoms with Gasteiger partial charge in [0, 0.05) is 19.8 Å². The average Bonchev–Trinajstić information content (AvgIpc) is 2.56. The van der Waals surface area contributed by atoms with Gasteiger partial charge in [-0.25, -0.2) is 4.79 Å². The Labute approximate surface area is 132 Å². The summed E-state index contributed by atoms with van der Waals surface area (Å²) in [6, 6.07) is 7.10. The Bertz CT molecular complexity index is 472. The highest BCUT2D eigenvalue weighted by atomic mass is 16.5. The van der Waals surface area contributed by atoms with Gasteiger partial charge in [0.15, 0.2) is 0 Å². The van der Waals surface area contributed by atoms with Crippen molar-refractivity contribution in [1.29, 1.82) is 0 Å². The predicted molar refractivity (Wildman–Crippen MR) is 85.1 cm³/mol. The Morgan fingerprint density at radius 3 is 2.18 bits per heavy atom. The quantitative estimate of drug-likeness (QED) is 0.438. The summed E-state index contributed by atoms with van der Waals surface area (Å²) in [5.41, 5.74) is 0. The number of hydrogen-bond donors (Lipinski definition) is 0. The molecule has 1 aromatic carbocycles. The van der Waals surface area contributed by atoms with Crippen LogP contribution in [0.3, 0.4) is 0 Å². The van der Waals surface area contributed by atoms with E-state index in [0.717, 1.165) is 25.0 Å². The SMILES string of the molecule is C=CC(=O)Oc1ccc(OCC2CCC(COC)CC2)cc1. The summed E-state index contributed by atoms with van der Waals surface area (Å²) in [5.74, 6) is 2.17. The summed E-state index contributed by atoms with van der Waals surface area (Å²) < 4.78 is 16.1. The van der Waals surface area contributed by atoms with Gasteiger partial charge in [0.2, 0.25) is 0 Å². The minimum absolute atomic E-state index is 0.457. The Morgan fingerprint density at radius 2 is 1.64 bits per heavy atom. The van der Waals surface area contributed by atoms with E-state index in [0.29, 0.717) is 17.6 Å². The van der Waals surface area contributed by atoms with Gasteiger partial charge in [0.05, 0.1) is 6.61 Å². The zero-order valence-corrected chi connectivity index (χ0v) is 13.1. The second-order valence-corrected chi connectivity index (χ2v) is 5.75. The van der Waals surface area contributed by atoms with E-state index < -0.39 is 5.97 Å². The van der Waals surface area contributed by atoms with Gasteiger partial charge in [-0.05, 0) is 61.8 Å². The topological polar surface area (TPSA) is 44.8 Å². The largest absolute Gasteiger partial charge is 0.493 e. The van der Waals surface area contributed by atoms with E-state index in [4.69, 9.17) is 14.2 Å². The van der Waals surface area contributed by atoms with Crippen LogP contribution in [-0.2, 0) is 9.53 Å². The van der Waals surface area contributed by atoms with Gasteiger partial charge in [-0.15, -0.1) is 0 Å². The van der Waals surface area contributed by atoms with Crippen LogP contribution in [0.5, 0.6) is 11.5 Å². The summed E-state index contributed by atoms with van der Waals surface area (Å²) in [4.78, 5) is 11.1. The van der Waals surface area contributed by atoms with Crippen molar-refractivity contribution < 1.29 is 19.0 Å². The van der Waals surface area contributed by atoms with Crippen molar-refractivity contribution in [3.63, 3.8) is 0 Å². The highest BCUT2D eigenvalue weighted by Gasteiger charge is 2.21. The number of ether oxygens (including phenoxy) is 3. The Morgan fingerprint density at radius 1 is 1.09 bits per heavy atom. The zero-order chi connectivity index (χ0) is 15.8. The molecule has 0 atom stereocenters. The van der Waals surface area contributed by atoms with Crippen molar-refractivity contribution in [2.24, 2.45) is 11.8 Å². The molecule has 1 fully saturated rings. The number of rotatable bonds is 7. The third kappa shape index (κ3) is 5.19. The predicted octanol–water partition coefficient (Wildman–Crippen LogP) is 3.61. The maximum atomic E-state index is 11.1. The molecule has 0 unspecified atom stereocenters. The van der Waals surface area contributed by atoms with E-state index in [9.17, 15) is 4.79 Å². The second kappa shape index (κ2) is 8.59. The third-order valence-corrected chi connectivity index (χ3v) is 4.06. The van der Waals surface area contributed by atoms with Crippen LogP contribution in [0.2, 0.25) is 0 Å².